The lowest BCUT2D eigenvalue weighted by atomic mass is 9.33. The minimum atomic E-state index is -0.713. The molecule has 1 heterocycles. The summed E-state index contributed by atoms with van der Waals surface area (Å²) in [5.74, 6) is 2.02. The molecule has 1 amide bonds. The largest absolute Gasteiger partial charge is 0.465 e. The number of hydrogen-bond donors (Lipinski definition) is 1. The zero-order valence-corrected chi connectivity index (χ0v) is 38.7. The molecule has 5 aliphatic carbocycles. The Morgan fingerprint density at radius 1 is 0.831 bits per heavy atom. The summed E-state index contributed by atoms with van der Waals surface area (Å²) >= 11 is 0. The second-order valence-electron chi connectivity index (χ2n) is 21.3. The highest BCUT2D eigenvalue weighted by atomic mass is 33.1. The molecular weight excluding hydrogens is 775 g/mol. The number of rotatable bonds is 15. The molecule has 1 aromatic rings. The quantitative estimate of drug-likeness (QED) is 0.0806. The van der Waals surface area contributed by atoms with Gasteiger partial charge in [0, 0.05) is 36.8 Å². The molecule has 1 saturated heterocycles. The van der Waals surface area contributed by atoms with Crippen molar-refractivity contribution < 1.29 is 28.7 Å². The number of hydrogen-bond acceptors (Lipinski definition) is 8. The van der Waals surface area contributed by atoms with Crippen molar-refractivity contribution in [1.29, 1.82) is 0 Å². The van der Waals surface area contributed by atoms with Crippen LogP contribution in [0.5, 0.6) is 0 Å². The summed E-state index contributed by atoms with van der Waals surface area (Å²) in [5, 5.41) is 3.78. The standard InChI is InChI=1S/C50H73NO6S2/c1-45(2)26-28-50(44(55)56-33-35-14-8-7-9-15-35)29-27-48(5)37(38(50)32-45)19-20-40-46(3)24-22-41(52)47(4,39(46)21-25-49(40,48)6)34-57-43(54)18-12-13-30-51-42(53)17-11-10-16-36-23-31-58-59-36/h7-9,14-15,19,36,38-40H,10-13,16-18,20-34H2,1-6H3,(H,51,53)/t36-,38+,39-,40-,46+,47+,48-,49-,50+/m1/s1. The molecule has 6 aliphatic rings. The van der Waals surface area contributed by atoms with Crippen molar-refractivity contribution >= 4 is 45.2 Å². The fraction of sp³-hybridized carbons (Fsp3) is 0.760. The first kappa shape index (κ1) is 44.8. The molecule has 9 atom stereocenters. The van der Waals surface area contributed by atoms with Crippen molar-refractivity contribution in [3.8, 4) is 0 Å². The minimum Gasteiger partial charge on any atom is -0.465 e. The SMILES string of the molecule is CC1(C)CC[C@]2(C(=O)OCc3ccccc3)CC[C@]3(C)C(=CC[C@@H]4[C@@]5(C)CCC(=O)[C@@](C)(COC(=O)CCCCNC(=O)CCCC[C@@H]6CCSS6)[C@@H]5CC[C@]43C)[C@@H]2C1. The van der Waals surface area contributed by atoms with Crippen LogP contribution in [-0.4, -0.2) is 47.8 Å². The average molecular weight is 848 g/mol. The van der Waals surface area contributed by atoms with Crippen LogP contribution in [0.15, 0.2) is 42.0 Å². The van der Waals surface area contributed by atoms with E-state index < -0.39 is 10.8 Å². The van der Waals surface area contributed by atoms with Crippen LogP contribution in [0.1, 0.15) is 163 Å². The highest BCUT2D eigenvalue weighted by molar-refractivity contribution is 8.77. The Bertz CT molecular complexity index is 1740. The van der Waals surface area contributed by atoms with Crippen LogP contribution in [0.3, 0.4) is 0 Å². The van der Waals surface area contributed by atoms with Crippen molar-refractivity contribution in [2.24, 2.45) is 50.2 Å². The first-order valence-electron chi connectivity index (χ1n) is 23.2. The molecule has 1 aromatic carbocycles. The van der Waals surface area contributed by atoms with E-state index in [1.807, 2.05) is 51.9 Å². The Morgan fingerprint density at radius 2 is 1.59 bits per heavy atom. The fourth-order valence-electron chi connectivity index (χ4n) is 13.5. The van der Waals surface area contributed by atoms with E-state index in [0.717, 1.165) is 87.9 Å². The third-order valence-electron chi connectivity index (χ3n) is 17.4. The van der Waals surface area contributed by atoms with Crippen LogP contribution in [0.4, 0.5) is 0 Å². The predicted octanol–water partition coefficient (Wildman–Crippen LogP) is 11.6. The van der Waals surface area contributed by atoms with Crippen molar-refractivity contribution in [2.75, 3.05) is 18.9 Å². The van der Waals surface area contributed by atoms with Gasteiger partial charge in [-0.25, -0.2) is 0 Å². The predicted molar refractivity (Wildman–Crippen MR) is 239 cm³/mol. The lowest BCUT2D eigenvalue weighted by Gasteiger charge is -2.70. The molecule has 0 spiro atoms. The summed E-state index contributed by atoms with van der Waals surface area (Å²) in [7, 11) is 3.96. The Balaban J connectivity index is 0.973. The van der Waals surface area contributed by atoms with E-state index in [-0.39, 0.29) is 63.7 Å². The Morgan fingerprint density at radius 3 is 2.36 bits per heavy atom. The number of ketones is 1. The zero-order valence-electron chi connectivity index (χ0n) is 37.1. The van der Waals surface area contributed by atoms with Crippen molar-refractivity contribution in [3.63, 3.8) is 0 Å². The number of carbonyl (C=O) groups is 4. The highest BCUT2D eigenvalue weighted by Gasteiger charge is 2.70. The number of benzene rings is 1. The van der Waals surface area contributed by atoms with E-state index in [2.05, 4.69) is 52.9 Å². The van der Waals surface area contributed by atoms with E-state index >= 15 is 0 Å². The number of esters is 2. The van der Waals surface area contributed by atoms with E-state index in [4.69, 9.17) is 9.47 Å². The van der Waals surface area contributed by atoms with E-state index in [1.54, 1.807) is 0 Å². The third-order valence-corrected chi connectivity index (χ3v) is 20.4. The molecule has 0 aromatic heterocycles. The van der Waals surface area contributed by atoms with Gasteiger partial charge in [0.1, 0.15) is 19.0 Å². The maximum absolute atomic E-state index is 14.4. The van der Waals surface area contributed by atoms with Gasteiger partial charge in [0.25, 0.3) is 0 Å². The molecular formula is C50H73NO6S2. The number of nitrogens with one attached hydrogen (secondary N) is 1. The van der Waals surface area contributed by atoms with Crippen molar-refractivity contribution in [1.82, 2.24) is 5.32 Å². The molecule has 7 rings (SSSR count). The fourth-order valence-corrected chi connectivity index (χ4v) is 16.5. The van der Waals surface area contributed by atoms with Gasteiger partial charge in [0.05, 0.1) is 10.8 Å². The number of allylic oxidation sites excluding steroid dienone is 2. The highest BCUT2D eigenvalue weighted by Crippen LogP contribution is 2.75. The molecule has 1 aliphatic heterocycles. The molecule has 7 nitrogen and oxygen atoms in total. The Kier molecular flexibility index (Phi) is 13.5. The summed E-state index contributed by atoms with van der Waals surface area (Å²) in [6.45, 7) is 15.4. The third kappa shape index (κ3) is 8.74. The van der Waals surface area contributed by atoms with E-state index in [1.165, 1.54) is 24.2 Å². The van der Waals surface area contributed by atoms with Gasteiger partial charge in [0.15, 0.2) is 0 Å². The number of Topliss-reactive ketones (excluding diaryl/α,β-unsaturated/α-hetero) is 1. The zero-order chi connectivity index (χ0) is 42.1. The van der Waals surface area contributed by atoms with Crippen LogP contribution in [0, 0.1) is 50.2 Å². The Labute approximate surface area is 363 Å². The van der Waals surface area contributed by atoms with Gasteiger partial charge in [-0.05, 0) is 142 Å². The van der Waals surface area contributed by atoms with Gasteiger partial charge < -0.3 is 14.8 Å². The number of fused-ring (bicyclic) bond motifs is 7. The van der Waals surface area contributed by atoms with Gasteiger partial charge in [-0.2, -0.15) is 0 Å². The molecule has 0 unspecified atom stereocenters. The van der Waals surface area contributed by atoms with Crippen molar-refractivity contribution in [2.45, 2.75) is 169 Å². The summed E-state index contributed by atoms with van der Waals surface area (Å²) < 4.78 is 12.2. The molecule has 1 N–H and O–H groups in total. The smallest absolute Gasteiger partial charge is 0.313 e. The molecule has 0 radical (unpaired) electrons. The van der Waals surface area contributed by atoms with Gasteiger partial charge in [0.2, 0.25) is 5.91 Å². The van der Waals surface area contributed by atoms with Crippen LogP contribution < -0.4 is 5.32 Å². The first-order valence-corrected chi connectivity index (χ1v) is 25.6. The van der Waals surface area contributed by atoms with Gasteiger partial charge in [-0.1, -0.05) is 105 Å². The van der Waals surface area contributed by atoms with E-state index in [9.17, 15) is 19.2 Å². The molecule has 5 fully saturated rings. The minimum absolute atomic E-state index is 0.00956. The summed E-state index contributed by atoms with van der Waals surface area (Å²) in [6.07, 6.45) is 18.4. The van der Waals surface area contributed by atoms with Crippen LogP contribution in [0.2, 0.25) is 0 Å². The van der Waals surface area contributed by atoms with E-state index in [0.29, 0.717) is 44.8 Å². The average Bonchev–Trinajstić information content (AvgIpc) is 3.73. The molecule has 59 heavy (non-hydrogen) atoms. The molecule has 0 bridgehead atoms. The lowest BCUT2D eigenvalue weighted by molar-refractivity contribution is -0.198. The van der Waals surface area contributed by atoms with Gasteiger partial charge >= 0.3 is 11.9 Å². The summed E-state index contributed by atoms with van der Waals surface area (Å²) in [5.41, 5.74) is 1.38. The molecule has 326 valence electrons. The number of carbonyl (C=O) groups excluding carboxylic acids is 4. The van der Waals surface area contributed by atoms with Gasteiger partial charge in [-0.15, -0.1) is 0 Å². The number of ether oxygens (including phenoxy) is 2. The van der Waals surface area contributed by atoms with Gasteiger partial charge in [-0.3, -0.25) is 19.2 Å². The maximum Gasteiger partial charge on any atom is 0.313 e. The molecule has 9 heteroatoms. The molecule has 4 saturated carbocycles. The lowest BCUT2D eigenvalue weighted by Crippen LogP contribution is -2.65. The maximum atomic E-state index is 14.4. The van der Waals surface area contributed by atoms with Crippen LogP contribution >= 0.6 is 21.6 Å². The second-order valence-corrected chi connectivity index (χ2v) is 24.1. The monoisotopic (exact) mass is 847 g/mol. The van der Waals surface area contributed by atoms with Crippen molar-refractivity contribution in [3.05, 3.63) is 47.5 Å². The number of unbranched alkanes of at least 4 members (excludes halogenated alkanes) is 2. The van der Waals surface area contributed by atoms with Crippen LogP contribution in [-0.2, 0) is 35.3 Å². The normalized spacial score (nSPS) is 37.2. The Hall–Kier alpha value is -2.26. The topological polar surface area (TPSA) is 98.8 Å². The van der Waals surface area contributed by atoms with Crippen LogP contribution in [0.25, 0.3) is 0 Å². The second kappa shape index (κ2) is 17.8. The summed E-state index contributed by atoms with van der Waals surface area (Å²) in [4.78, 5) is 53.8. The number of amides is 1. The first-order chi connectivity index (χ1) is 28.1. The summed E-state index contributed by atoms with van der Waals surface area (Å²) in [6, 6.07) is 10.1.